The van der Waals surface area contributed by atoms with Crippen molar-refractivity contribution in [3.8, 4) is 11.5 Å². The first-order chi connectivity index (χ1) is 8.78. The molecule has 1 fully saturated rings. The summed E-state index contributed by atoms with van der Waals surface area (Å²) < 4.78 is 11.0. The predicted molar refractivity (Wildman–Crippen MR) is 70.9 cm³/mol. The van der Waals surface area contributed by atoms with Gasteiger partial charge in [-0.3, -0.25) is 0 Å². The molecular formula is C15H22O3. The largest absolute Gasteiger partial charge is 0.508 e. The minimum Gasteiger partial charge on any atom is -0.508 e. The molecule has 0 spiro atoms. The normalized spacial score (nSPS) is 23.8. The van der Waals surface area contributed by atoms with Gasteiger partial charge in [-0.15, -0.1) is 0 Å². The zero-order valence-electron chi connectivity index (χ0n) is 11.0. The number of aromatic hydroxyl groups is 1. The minimum absolute atomic E-state index is 0.280. The summed E-state index contributed by atoms with van der Waals surface area (Å²) in [5.74, 6) is 2.51. The van der Waals surface area contributed by atoms with Crippen LogP contribution < -0.4 is 4.74 Å². The van der Waals surface area contributed by atoms with Crippen LogP contribution in [0.15, 0.2) is 24.3 Å². The summed E-state index contributed by atoms with van der Waals surface area (Å²) in [6, 6.07) is 6.94. The summed E-state index contributed by atoms with van der Waals surface area (Å²) in [4.78, 5) is 0. The highest BCUT2D eigenvalue weighted by atomic mass is 16.5. The van der Waals surface area contributed by atoms with E-state index in [1.807, 2.05) is 12.1 Å². The lowest BCUT2D eigenvalue weighted by molar-refractivity contribution is 0.106. The number of hydrogen-bond donors (Lipinski definition) is 1. The highest BCUT2D eigenvalue weighted by Gasteiger charge is 2.21. The fourth-order valence-electron chi connectivity index (χ4n) is 2.56. The van der Waals surface area contributed by atoms with Crippen LogP contribution in [-0.2, 0) is 4.74 Å². The van der Waals surface area contributed by atoms with Crippen LogP contribution in [0.4, 0.5) is 0 Å². The van der Waals surface area contributed by atoms with Crippen molar-refractivity contribution in [3.05, 3.63) is 24.3 Å². The van der Waals surface area contributed by atoms with Gasteiger partial charge in [-0.1, -0.05) is 0 Å². The Bertz CT molecular complexity index is 339. The first-order valence-corrected chi connectivity index (χ1v) is 6.68. The summed E-state index contributed by atoms with van der Waals surface area (Å²) in [5.41, 5.74) is 0. The molecule has 0 saturated heterocycles. The highest BCUT2D eigenvalue weighted by molar-refractivity contribution is 5.30. The van der Waals surface area contributed by atoms with Crippen molar-refractivity contribution < 1.29 is 14.6 Å². The Kier molecular flexibility index (Phi) is 4.88. The molecule has 0 radical (unpaired) electrons. The lowest BCUT2D eigenvalue weighted by atomic mass is 9.83. The lowest BCUT2D eigenvalue weighted by Crippen LogP contribution is -2.22. The standard InChI is InChI=1S/C15H22O3/c1-17-10-12-2-4-13(5-3-12)11-18-15-8-6-14(16)7-9-15/h6-9,12-13,16H,2-5,10-11H2,1H3/t12-,13-. The molecule has 0 aliphatic heterocycles. The van der Waals surface area contributed by atoms with Crippen LogP contribution in [0.2, 0.25) is 0 Å². The van der Waals surface area contributed by atoms with Crippen LogP contribution in [0.1, 0.15) is 25.7 Å². The molecule has 100 valence electrons. The van der Waals surface area contributed by atoms with Crippen molar-refractivity contribution in [2.45, 2.75) is 25.7 Å². The van der Waals surface area contributed by atoms with E-state index in [9.17, 15) is 5.11 Å². The Labute approximate surface area is 109 Å². The van der Waals surface area contributed by atoms with Crippen LogP contribution in [-0.4, -0.2) is 25.4 Å². The van der Waals surface area contributed by atoms with E-state index in [2.05, 4.69) is 0 Å². The second-order valence-electron chi connectivity index (χ2n) is 5.15. The fourth-order valence-corrected chi connectivity index (χ4v) is 2.56. The second-order valence-corrected chi connectivity index (χ2v) is 5.15. The van der Waals surface area contributed by atoms with Crippen molar-refractivity contribution in [1.29, 1.82) is 0 Å². The van der Waals surface area contributed by atoms with E-state index in [1.54, 1.807) is 19.2 Å². The molecule has 0 unspecified atom stereocenters. The number of hydrogen-bond acceptors (Lipinski definition) is 3. The summed E-state index contributed by atoms with van der Waals surface area (Å²) >= 11 is 0. The minimum atomic E-state index is 0.280. The first-order valence-electron chi connectivity index (χ1n) is 6.68. The van der Waals surface area contributed by atoms with Crippen molar-refractivity contribution in [1.82, 2.24) is 0 Å². The monoisotopic (exact) mass is 250 g/mol. The molecule has 0 aromatic heterocycles. The third kappa shape index (κ3) is 3.91. The maximum Gasteiger partial charge on any atom is 0.119 e. The summed E-state index contributed by atoms with van der Waals surface area (Å²) in [6.45, 7) is 1.68. The molecular weight excluding hydrogens is 228 g/mol. The second kappa shape index (κ2) is 6.64. The number of ether oxygens (including phenoxy) is 2. The number of benzene rings is 1. The quantitative estimate of drug-likeness (QED) is 0.872. The van der Waals surface area contributed by atoms with Gasteiger partial charge in [0.15, 0.2) is 0 Å². The Morgan fingerprint density at radius 3 is 2.11 bits per heavy atom. The SMILES string of the molecule is COC[C@H]1CC[C@H](COc2ccc(O)cc2)CC1. The zero-order valence-corrected chi connectivity index (χ0v) is 11.0. The summed E-state index contributed by atoms with van der Waals surface area (Å²) in [7, 11) is 1.78. The van der Waals surface area contributed by atoms with Crippen molar-refractivity contribution in [2.24, 2.45) is 11.8 Å². The Morgan fingerprint density at radius 2 is 1.56 bits per heavy atom. The zero-order chi connectivity index (χ0) is 12.8. The van der Waals surface area contributed by atoms with Gasteiger partial charge in [-0.2, -0.15) is 0 Å². The highest BCUT2D eigenvalue weighted by Crippen LogP contribution is 2.29. The van der Waals surface area contributed by atoms with E-state index < -0.39 is 0 Å². The van der Waals surface area contributed by atoms with Gasteiger partial charge in [-0.05, 0) is 61.8 Å². The van der Waals surface area contributed by atoms with Crippen LogP contribution in [0.25, 0.3) is 0 Å². The van der Waals surface area contributed by atoms with Crippen LogP contribution >= 0.6 is 0 Å². The molecule has 0 heterocycles. The number of phenolic OH excluding ortho intramolecular Hbond substituents is 1. The van der Waals surface area contributed by atoms with E-state index >= 15 is 0 Å². The molecule has 1 aromatic carbocycles. The van der Waals surface area contributed by atoms with E-state index in [0.29, 0.717) is 5.92 Å². The van der Waals surface area contributed by atoms with E-state index in [4.69, 9.17) is 9.47 Å². The molecule has 1 aliphatic rings. The third-order valence-corrected chi connectivity index (χ3v) is 3.69. The number of phenols is 1. The van der Waals surface area contributed by atoms with Gasteiger partial charge in [0.1, 0.15) is 11.5 Å². The van der Waals surface area contributed by atoms with E-state index in [-0.39, 0.29) is 5.75 Å². The van der Waals surface area contributed by atoms with Crippen LogP contribution in [0.3, 0.4) is 0 Å². The molecule has 2 rings (SSSR count). The molecule has 1 N–H and O–H groups in total. The van der Waals surface area contributed by atoms with Crippen molar-refractivity contribution in [2.75, 3.05) is 20.3 Å². The van der Waals surface area contributed by atoms with Gasteiger partial charge in [0.25, 0.3) is 0 Å². The Balaban J connectivity index is 1.70. The Morgan fingerprint density at radius 1 is 1.00 bits per heavy atom. The number of rotatable bonds is 5. The van der Waals surface area contributed by atoms with Crippen LogP contribution in [0, 0.1) is 11.8 Å². The molecule has 1 saturated carbocycles. The fraction of sp³-hybridized carbons (Fsp3) is 0.600. The van der Waals surface area contributed by atoms with Gasteiger partial charge in [0, 0.05) is 13.7 Å². The maximum atomic E-state index is 9.19. The predicted octanol–water partition coefficient (Wildman–Crippen LogP) is 3.22. The van der Waals surface area contributed by atoms with Crippen molar-refractivity contribution in [3.63, 3.8) is 0 Å². The summed E-state index contributed by atoms with van der Waals surface area (Å²) in [6.07, 6.45) is 4.95. The molecule has 3 heteroatoms. The third-order valence-electron chi connectivity index (χ3n) is 3.69. The molecule has 18 heavy (non-hydrogen) atoms. The molecule has 0 bridgehead atoms. The smallest absolute Gasteiger partial charge is 0.119 e. The molecule has 0 atom stereocenters. The van der Waals surface area contributed by atoms with Gasteiger partial charge >= 0.3 is 0 Å². The number of methoxy groups -OCH3 is 1. The van der Waals surface area contributed by atoms with Crippen molar-refractivity contribution >= 4 is 0 Å². The summed E-state index contributed by atoms with van der Waals surface area (Å²) in [5, 5.41) is 9.19. The van der Waals surface area contributed by atoms with E-state index in [0.717, 1.165) is 24.9 Å². The first kappa shape index (κ1) is 13.2. The van der Waals surface area contributed by atoms with Gasteiger partial charge in [0.05, 0.1) is 6.61 Å². The Hall–Kier alpha value is -1.22. The topological polar surface area (TPSA) is 38.7 Å². The van der Waals surface area contributed by atoms with Gasteiger partial charge in [-0.25, -0.2) is 0 Å². The molecule has 0 amide bonds. The molecule has 1 aliphatic carbocycles. The lowest BCUT2D eigenvalue weighted by Gasteiger charge is -2.27. The van der Waals surface area contributed by atoms with Crippen LogP contribution in [0.5, 0.6) is 11.5 Å². The van der Waals surface area contributed by atoms with E-state index in [1.165, 1.54) is 25.7 Å². The van der Waals surface area contributed by atoms with Gasteiger partial charge in [0.2, 0.25) is 0 Å². The molecule has 1 aromatic rings. The average Bonchev–Trinajstić information content (AvgIpc) is 2.40. The molecule has 3 nitrogen and oxygen atoms in total. The maximum absolute atomic E-state index is 9.19. The van der Waals surface area contributed by atoms with Gasteiger partial charge < -0.3 is 14.6 Å². The average molecular weight is 250 g/mol.